The molecule has 4 aliphatic carbocycles. The van der Waals surface area contributed by atoms with Gasteiger partial charge in [0.25, 0.3) is 0 Å². The Morgan fingerprint density at radius 3 is 2.44 bits per heavy atom. The normalized spacial score (nSPS) is 33.5. The summed E-state index contributed by atoms with van der Waals surface area (Å²) in [5.74, 6) is -4.50. The SMILES string of the molecule is CCN(COCC(=O)[C@@]12O[C@H](c3cccc(F)c3)O[C@@H]1C[C@H]1[C@@H]3C[C@H](F)C4=CC(=O)C=C[C@]4(C)[C@@]3(F)[C@@H](O)C[C@@]12C)C(=O)OCc1ccc(NC(=O)[C@H](C)NC(=O)[C@@H](N)C(C)C)cc1. The van der Waals surface area contributed by atoms with Gasteiger partial charge in [-0.25, -0.2) is 18.0 Å². The lowest BCUT2D eigenvalue weighted by molar-refractivity contribution is -0.235. The molecule has 3 saturated carbocycles. The summed E-state index contributed by atoms with van der Waals surface area (Å²) >= 11 is 0. The number of carbonyl (C=O) groups is 5. The summed E-state index contributed by atoms with van der Waals surface area (Å²) in [6, 6.07) is 10.4. The smallest absolute Gasteiger partial charge is 0.411 e. The van der Waals surface area contributed by atoms with Crippen LogP contribution in [0.5, 0.6) is 0 Å². The molecule has 3 amide bonds. The van der Waals surface area contributed by atoms with Gasteiger partial charge >= 0.3 is 6.09 Å². The number of fused-ring (bicyclic) bond motifs is 7. The molecule has 2 aromatic carbocycles. The van der Waals surface area contributed by atoms with E-state index in [2.05, 4.69) is 10.6 Å². The van der Waals surface area contributed by atoms with Gasteiger partial charge in [0.1, 0.15) is 38.0 Å². The molecular formula is C47H57F3N4O10. The van der Waals surface area contributed by atoms with Gasteiger partial charge in [-0.1, -0.05) is 51.1 Å². The van der Waals surface area contributed by atoms with Crippen molar-refractivity contribution in [2.45, 2.75) is 115 Å². The van der Waals surface area contributed by atoms with Gasteiger partial charge in [-0.05, 0) is 99.4 Å². The molecule has 0 spiro atoms. The summed E-state index contributed by atoms with van der Waals surface area (Å²) in [4.78, 5) is 66.4. The Morgan fingerprint density at radius 2 is 1.77 bits per heavy atom. The van der Waals surface area contributed by atoms with E-state index in [0.29, 0.717) is 16.8 Å². The second-order valence-electron chi connectivity index (χ2n) is 18.5. The van der Waals surface area contributed by atoms with Gasteiger partial charge in [0.15, 0.2) is 29.1 Å². The van der Waals surface area contributed by atoms with Gasteiger partial charge in [0.05, 0.1) is 18.2 Å². The van der Waals surface area contributed by atoms with Crippen LogP contribution in [0.3, 0.4) is 0 Å². The highest BCUT2D eigenvalue weighted by Crippen LogP contribution is 2.72. The van der Waals surface area contributed by atoms with Crippen LogP contribution in [0.2, 0.25) is 0 Å². The van der Waals surface area contributed by atoms with Crippen LogP contribution in [0.25, 0.3) is 0 Å². The number of Topliss-reactive ketones (excluding diaryl/α,β-unsaturated/α-hetero) is 1. The number of aliphatic hydroxyl groups is 1. The third kappa shape index (κ3) is 7.96. The topological polar surface area (TPSA) is 196 Å². The van der Waals surface area contributed by atoms with E-state index in [9.17, 15) is 33.5 Å². The standard InChI is InChI=1S/C47H57F3N4O10/c1-7-54(43(60)62-22-27-11-13-30(14-12-27)53-40(58)26(4)52-41(59)39(51)25(2)3)24-61-23-37(57)47-38(63-42(64-47)28-9-8-10-29(48)17-28)20-32-33-19-35(49)34-18-31(55)15-16-44(34,5)46(33,50)36(56)21-45(32,47)6/h8-18,25-26,32-33,35-36,38-39,42,56H,7,19-24,51H2,1-6H3,(H,52,59)(H,53,58)/t26-,32-,33-,35-,36-,38+,39-,42+,44-,45-,46-,47+/m0/s1. The number of anilines is 1. The lowest BCUT2D eigenvalue weighted by Crippen LogP contribution is -2.70. The molecule has 0 radical (unpaired) electrons. The summed E-state index contributed by atoms with van der Waals surface area (Å²) in [5, 5.41) is 17.3. The Bertz CT molecular complexity index is 2220. The first-order valence-electron chi connectivity index (χ1n) is 21.7. The highest BCUT2D eigenvalue weighted by molar-refractivity contribution is 6.01. The molecule has 7 rings (SSSR count). The van der Waals surface area contributed by atoms with Crippen molar-refractivity contribution in [3.8, 4) is 0 Å². The molecule has 1 aliphatic heterocycles. The summed E-state index contributed by atoms with van der Waals surface area (Å²) in [5.41, 5.74) is -0.0858. The number of allylic oxidation sites excluding steroid dienone is 4. The van der Waals surface area contributed by atoms with Crippen LogP contribution in [0, 0.1) is 34.4 Å². The summed E-state index contributed by atoms with van der Waals surface area (Å²) in [7, 11) is 0. The largest absolute Gasteiger partial charge is 0.444 e. The number of ketones is 2. The molecule has 1 heterocycles. The van der Waals surface area contributed by atoms with Crippen LogP contribution in [-0.4, -0.2) is 101 Å². The minimum Gasteiger partial charge on any atom is -0.444 e. The summed E-state index contributed by atoms with van der Waals surface area (Å²) in [6.07, 6.45) is -3.37. The summed E-state index contributed by atoms with van der Waals surface area (Å²) in [6.45, 7) is 9.05. The van der Waals surface area contributed by atoms with Gasteiger partial charge in [-0.3, -0.25) is 24.1 Å². The number of aliphatic hydroxyl groups excluding tert-OH is 1. The first kappa shape index (κ1) is 47.0. The molecule has 4 fully saturated rings. The van der Waals surface area contributed by atoms with Crippen LogP contribution in [-0.2, 0) is 44.7 Å². The molecule has 1 saturated heterocycles. The number of nitrogens with one attached hydrogen (secondary N) is 2. The van der Waals surface area contributed by atoms with E-state index >= 15 is 8.78 Å². The minimum absolute atomic E-state index is 0.0300. The number of nitrogens with two attached hydrogens (primary N) is 1. The van der Waals surface area contributed by atoms with Gasteiger partial charge in [-0.15, -0.1) is 0 Å². The second kappa shape index (κ2) is 17.8. The van der Waals surface area contributed by atoms with Crippen molar-refractivity contribution in [2.75, 3.05) is 25.2 Å². The average Bonchev–Trinajstić information content (AvgIpc) is 3.76. The molecule has 14 nitrogen and oxygen atoms in total. The van der Waals surface area contributed by atoms with E-state index in [1.807, 2.05) is 0 Å². The molecule has 17 heteroatoms. The Morgan fingerprint density at radius 1 is 1.05 bits per heavy atom. The highest BCUT2D eigenvalue weighted by atomic mass is 19.1. The van der Waals surface area contributed by atoms with E-state index in [0.717, 1.165) is 6.08 Å². The number of carbonyl (C=O) groups excluding carboxylic acids is 5. The van der Waals surface area contributed by atoms with Crippen molar-refractivity contribution >= 4 is 35.2 Å². The van der Waals surface area contributed by atoms with Gasteiger partial charge in [-0.2, -0.15) is 0 Å². The third-order valence-corrected chi connectivity index (χ3v) is 14.4. The van der Waals surface area contributed by atoms with Crippen LogP contribution < -0.4 is 16.4 Å². The fraction of sp³-hybridized carbons (Fsp3) is 0.553. The predicted molar refractivity (Wildman–Crippen MR) is 226 cm³/mol. The van der Waals surface area contributed by atoms with Crippen molar-refractivity contribution in [2.24, 2.45) is 34.3 Å². The third-order valence-electron chi connectivity index (χ3n) is 14.4. The fourth-order valence-corrected chi connectivity index (χ4v) is 10.7. The molecule has 5 N–H and O–H groups in total. The number of halogens is 3. The molecule has 5 aliphatic rings. The lowest BCUT2D eigenvalue weighted by atomic mass is 9.44. The Kier molecular flexibility index (Phi) is 13.1. The first-order valence-corrected chi connectivity index (χ1v) is 21.7. The van der Waals surface area contributed by atoms with Crippen LogP contribution in [0.15, 0.2) is 72.3 Å². The average molecular weight is 895 g/mol. The van der Waals surface area contributed by atoms with Crippen molar-refractivity contribution in [1.82, 2.24) is 10.2 Å². The first-order chi connectivity index (χ1) is 30.2. The van der Waals surface area contributed by atoms with Crippen LogP contribution >= 0.6 is 0 Å². The number of ether oxygens (including phenoxy) is 4. The van der Waals surface area contributed by atoms with E-state index < -0.39 is 113 Å². The number of hydrogen-bond acceptors (Lipinski definition) is 11. The van der Waals surface area contributed by atoms with Gasteiger partial charge < -0.3 is 40.4 Å². The van der Waals surface area contributed by atoms with Crippen molar-refractivity contribution in [3.63, 3.8) is 0 Å². The second-order valence-corrected chi connectivity index (χ2v) is 18.5. The maximum Gasteiger partial charge on any atom is 0.411 e. The fourth-order valence-electron chi connectivity index (χ4n) is 10.7. The maximum absolute atomic E-state index is 17.9. The lowest BCUT2D eigenvalue weighted by Gasteiger charge is -2.63. The number of rotatable bonds is 14. The molecule has 64 heavy (non-hydrogen) atoms. The van der Waals surface area contributed by atoms with Crippen molar-refractivity contribution < 1.29 is 61.2 Å². The van der Waals surface area contributed by atoms with E-state index in [1.54, 1.807) is 65.0 Å². The zero-order chi connectivity index (χ0) is 46.5. The molecule has 12 atom stereocenters. The van der Waals surface area contributed by atoms with Gasteiger partial charge in [0, 0.05) is 34.5 Å². The quantitative estimate of drug-likeness (QED) is 0.174. The number of benzene rings is 2. The van der Waals surface area contributed by atoms with Crippen molar-refractivity contribution in [3.05, 3.63) is 89.3 Å². The Balaban J connectivity index is 1.02. The highest BCUT2D eigenvalue weighted by Gasteiger charge is 2.80. The zero-order valence-corrected chi connectivity index (χ0v) is 36.8. The summed E-state index contributed by atoms with van der Waals surface area (Å²) < 4.78 is 72.9. The predicted octanol–water partition coefficient (Wildman–Crippen LogP) is 5.54. The van der Waals surface area contributed by atoms with Crippen molar-refractivity contribution in [1.29, 1.82) is 0 Å². The molecule has 2 aromatic rings. The van der Waals surface area contributed by atoms with E-state index in [-0.39, 0.29) is 50.6 Å². The number of amides is 3. The van der Waals surface area contributed by atoms with E-state index in [4.69, 9.17) is 24.7 Å². The Hall–Kier alpha value is -4.94. The van der Waals surface area contributed by atoms with E-state index in [1.165, 1.54) is 42.2 Å². The molecule has 346 valence electrons. The Labute approximate surface area is 370 Å². The molecular weight excluding hydrogens is 838 g/mol. The molecule has 0 bridgehead atoms. The zero-order valence-electron chi connectivity index (χ0n) is 36.8. The van der Waals surface area contributed by atoms with Crippen LogP contribution in [0.4, 0.5) is 23.7 Å². The van der Waals surface area contributed by atoms with Crippen LogP contribution in [0.1, 0.15) is 78.2 Å². The number of hydrogen-bond donors (Lipinski definition) is 4. The molecule has 0 aromatic heterocycles. The van der Waals surface area contributed by atoms with Gasteiger partial charge in [0.2, 0.25) is 11.8 Å². The minimum atomic E-state index is -2.41. The number of alkyl halides is 2. The number of nitrogens with zero attached hydrogens (tertiary/aromatic N) is 1. The maximum atomic E-state index is 17.9. The monoisotopic (exact) mass is 894 g/mol. The molecule has 0 unspecified atom stereocenters.